The van der Waals surface area contributed by atoms with Crippen LogP contribution in [0.5, 0.6) is 0 Å². The van der Waals surface area contributed by atoms with Gasteiger partial charge >= 0.3 is 0 Å². The van der Waals surface area contributed by atoms with Gasteiger partial charge in [0.15, 0.2) is 5.82 Å². The van der Waals surface area contributed by atoms with Gasteiger partial charge in [-0.3, -0.25) is 4.79 Å². The number of amides is 1. The summed E-state index contributed by atoms with van der Waals surface area (Å²) in [4.78, 5) is 19.6. The van der Waals surface area contributed by atoms with Crippen molar-refractivity contribution >= 4 is 5.91 Å². The average molecular weight is 355 g/mol. The van der Waals surface area contributed by atoms with Crippen LogP contribution in [0.3, 0.4) is 0 Å². The highest BCUT2D eigenvalue weighted by Crippen LogP contribution is 2.49. The van der Waals surface area contributed by atoms with E-state index in [1.54, 1.807) is 0 Å². The molecule has 2 saturated heterocycles. The molecule has 2 aromatic rings. The quantitative estimate of drug-likeness (QED) is 0.828. The zero-order valence-corrected chi connectivity index (χ0v) is 15.6. The van der Waals surface area contributed by atoms with Crippen LogP contribution in [0.2, 0.25) is 0 Å². The van der Waals surface area contributed by atoms with E-state index in [-0.39, 0.29) is 17.2 Å². The molecule has 6 nitrogen and oxygen atoms in total. The third-order valence-corrected chi connectivity index (χ3v) is 5.73. The fourth-order valence-electron chi connectivity index (χ4n) is 4.48. The van der Waals surface area contributed by atoms with Gasteiger partial charge in [-0.15, -0.1) is 0 Å². The van der Waals surface area contributed by atoms with E-state index in [1.807, 2.05) is 37.8 Å². The van der Waals surface area contributed by atoms with Crippen LogP contribution in [-0.4, -0.2) is 47.3 Å². The highest BCUT2D eigenvalue weighted by molar-refractivity contribution is 5.95. The molecule has 0 aliphatic carbocycles. The molecule has 138 valence electrons. The lowest BCUT2D eigenvalue weighted by molar-refractivity contribution is 0.00836. The zero-order valence-electron chi connectivity index (χ0n) is 15.6. The molecule has 2 aliphatic rings. The van der Waals surface area contributed by atoms with Crippen molar-refractivity contribution in [1.82, 2.24) is 15.0 Å². The van der Waals surface area contributed by atoms with Crippen molar-refractivity contribution in [2.45, 2.75) is 39.5 Å². The van der Waals surface area contributed by atoms with Crippen molar-refractivity contribution in [1.29, 1.82) is 0 Å². The summed E-state index contributed by atoms with van der Waals surface area (Å²) in [6.07, 6.45) is 1.82. The molecule has 0 bridgehead atoms. The molecule has 1 unspecified atom stereocenters. The highest BCUT2D eigenvalue weighted by Gasteiger charge is 2.51. The fourth-order valence-corrected chi connectivity index (χ4v) is 4.48. The maximum absolute atomic E-state index is 13.2. The summed E-state index contributed by atoms with van der Waals surface area (Å²) in [5, 5.41) is 3.97. The molecule has 2 fully saturated rings. The van der Waals surface area contributed by atoms with E-state index in [1.165, 1.54) is 0 Å². The van der Waals surface area contributed by atoms with Gasteiger partial charge in [0.2, 0.25) is 5.89 Å². The largest absolute Gasteiger partial charge is 0.381 e. The van der Waals surface area contributed by atoms with Gasteiger partial charge in [0, 0.05) is 37.3 Å². The van der Waals surface area contributed by atoms with Crippen LogP contribution in [0.1, 0.15) is 52.0 Å². The zero-order chi connectivity index (χ0) is 18.3. The Morgan fingerprint density at radius 3 is 2.46 bits per heavy atom. The van der Waals surface area contributed by atoms with Crippen molar-refractivity contribution in [3.05, 3.63) is 46.6 Å². The smallest absolute Gasteiger partial charge is 0.253 e. The Labute approximate surface area is 153 Å². The predicted molar refractivity (Wildman–Crippen MR) is 96.1 cm³/mol. The summed E-state index contributed by atoms with van der Waals surface area (Å²) >= 11 is 0. The van der Waals surface area contributed by atoms with E-state index >= 15 is 0 Å². The third kappa shape index (κ3) is 3.03. The first-order valence-electron chi connectivity index (χ1n) is 9.22. The van der Waals surface area contributed by atoms with Crippen LogP contribution in [-0.2, 0) is 4.74 Å². The van der Waals surface area contributed by atoms with E-state index < -0.39 is 0 Å². The van der Waals surface area contributed by atoms with E-state index in [9.17, 15) is 4.79 Å². The maximum atomic E-state index is 13.2. The number of carbonyl (C=O) groups excluding carboxylic acids is 1. The van der Waals surface area contributed by atoms with Gasteiger partial charge < -0.3 is 14.2 Å². The molecule has 0 saturated carbocycles. The van der Waals surface area contributed by atoms with Gasteiger partial charge in [0.1, 0.15) is 0 Å². The third-order valence-electron chi connectivity index (χ3n) is 5.73. The molecule has 4 rings (SSSR count). The Morgan fingerprint density at radius 2 is 1.85 bits per heavy atom. The first-order chi connectivity index (χ1) is 12.5. The standard InChI is InChI=1S/C20H25N3O3/c1-13-8-14(2)10-16(9-13)19(24)23-11-17(18-21-15(3)22-26-18)20(12-23)4-6-25-7-5-20/h8-10,17H,4-7,11-12H2,1-3H3. The Kier molecular flexibility index (Phi) is 4.31. The number of nitrogens with zero attached hydrogens (tertiary/aromatic N) is 3. The lowest BCUT2D eigenvalue weighted by atomic mass is 9.72. The Hall–Kier alpha value is -2.21. The Morgan fingerprint density at radius 1 is 1.15 bits per heavy atom. The van der Waals surface area contributed by atoms with Gasteiger partial charge in [0.25, 0.3) is 5.91 Å². The summed E-state index contributed by atoms with van der Waals surface area (Å²) in [5.74, 6) is 1.45. The van der Waals surface area contributed by atoms with Crippen LogP contribution in [0.15, 0.2) is 22.7 Å². The van der Waals surface area contributed by atoms with Gasteiger partial charge in [-0.25, -0.2) is 0 Å². The van der Waals surface area contributed by atoms with Crippen molar-refractivity contribution in [3.8, 4) is 0 Å². The molecule has 3 heterocycles. The van der Waals surface area contributed by atoms with E-state index in [4.69, 9.17) is 9.26 Å². The van der Waals surface area contributed by atoms with Crippen LogP contribution in [0, 0.1) is 26.2 Å². The number of aromatic nitrogens is 2. The second kappa shape index (κ2) is 6.50. The number of benzene rings is 1. The minimum absolute atomic E-state index is 0.0360. The van der Waals surface area contributed by atoms with E-state index in [0.717, 1.165) is 42.7 Å². The summed E-state index contributed by atoms with van der Waals surface area (Å²) in [6.45, 7) is 8.65. The number of aryl methyl sites for hydroxylation is 3. The summed E-state index contributed by atoms with van der Waals surface area (Å²) in [5.41, 5.74) is 2.94. The number of carbonyl (C=O) groups is 1. The molecule has 1 aromatic heterocycles. The summed E-state index contributed by atoms with van der Waals surface area (Å²) in [7, 11) is 0. The van der Waals surface area contributed by atoms with E-state index in [0.29, 0.717) is 24.8 Å². The fraction of sp³-hybridized carbons (Fsp3) is 0.550. The normalized spacial score (nSPS) is 22.1. The van der Waals surface area contributed by atoms with Crippen molar-refractivity contribution in [2.24, 2.45) is 5.41 Å². The monoisotopic (exact) mass is 355 g/mol. The number of hydrogen-bond acceptors (Lipinski definition) is 5. The topological polar surface area (TPSA) is 68.5 Å². The average Bonchev–Trinajstić information content (AvgIpc) is 3.18. The summed E-state index contributed by atoms with van der Waals surface area (Å²) in [6, 6.07) is 6.02. The molecule has 2 aliphatic heterocycles. The van der Waals surface area contributed by atoms with Gasteiger partial charge in [0.05, 0.1) is 5.92 Å². The number of hydrogen-bond donors (Lipinski definition) is 0. The molecular weight excluding hydrogens is 330 g/mol. The number of ether oxygens (including phenoxy) is 1. The van der Waals surface area contributed by atoms with Crippen molar-refractivity contribution in [2.75, 3.05) is 26.3 Å². The first kappa shape index (κ1) is 17.2. The molecule has 0 N–H and O–H groups in total. The lowest BCUT2D eigenvalue weighted by Gasteiger charge is -2.36. The van der Waals surface area contributed by atoms with Crippen LogP contribution in [0.4, 0.5) is 0 Å². The Balaban J connectivity index is 1.65. The molecule has 0 radical (unpaired) electrons. The second-order valence-electron chi connectivity index (χ2n) is 7.77. The molecule has 6 heteroatoms. The van der Waals surface area contributed by atoms with Gasteiger partial charge in [-0.1, -0.05) is 22.3 Å². The minimum Gasteiger partial charge on any atom is -0.381 e. The van der Waals surface area contributed by atoms with Gasteiger partial charge in [-0.05, 0) is 45.7 Å². The van der Waals surface area contributed by atoms with Crippen LogP contribution >= 0.6 is 0 Å². The minimum atomic E-state index is -0.0360. The van der Waals surface area contributed by atoms with Crippen molar-refractivity contribution in [3.63, 3.8) is 0 Å². The number of likely N-dealkylation sites (tertiary alicyclic amines) is 1. The molecule has 1 amide bonds. The number of rotatable bonds is 2. The van der Waals surface area contributed by atoms with Crippen LogP contribution in [0.25, 0.3) is 0 Å². The SMILES string of the molecule is Cc1cc(C)cc(C(=O)N2CC(c3nc(C)no3)C3(CCOCC3)C2)c1. The predicted octanol–water partition coefficient (Wildman–Crippen LogP) is 3.03. The van der Waals surface area contributed by atoms with Crippen molar-refractivity contribution < 1.29 is 14.1 Å². The molecule has 26 heavy (non-hydrogen) atoms. The molecular formula is C20H25N3O3. The molecule has 1 aromatic carbocycles. The maximum Gasteiger partial charge on any atom is 0.253 e. The Bertz CT molecular complexity index is 803. The summed E-state index contributed by atoms with van der Waals surface area (Å²) < 4.78 is 11.1. The highest BCUT2D eigenvalue weighted by atomic mass is 16.5. The van der Waals surface area contributed by atoms with Crippen LogP contribution < -0.4 is 0 Å². The van der Waals surface area contributed by atoms with Gasteiger partial charge in [-0.2, -0.15) is 4.98 Å². The molecule has 1 atom stereocenters. The second-order valence-corrected chi connectivity index (χ2v) is 7.77. The lowest BCUT2D eigenvalue weighted by Crippen LogP contribution is -2.37. The van der Waals surface area contributed by atoms with E-state index in [2.05, 4.69) is 16.2 Å². The molecule has 1 spiro atoms. The first-order valence-corrected chi connectivity index (χ1v) is 9.22.